The van der Waals surface area contributed by atoms with Gasteiger partial charge in [-0.15, -0.1) is 0 Å². The lowest BCUT2D eigenvalue weighted by molar-refractivity contribution is 0.181. The van der Waals surface area contributed by atoms with Gasteiger partial charge in [0, 0.05) is 19.7 Å². The summed E-state index contributed by atoms with van der Waals surface area (Å²) in [7, 11) is -3.57. The third kappa shape index (κ3) is 3.51. The fraction of sp³-hybridized carbons (Fsp3) is 0.571. The summed E-state index contributed by atoms with van der Waals surface area (Å²) in [5.41, 5.74) is 6.64. The van der Waals surface area contributed by atoms with E-state index in [4.69, 9.17) is 22.1 Å². The Morgan fingerprint density at radius 2 is 2.19 bits per heavy atom. The standard InChI is InChI=1S/C14H21ClN2O3S/c1-3-17(8-11-4-5-20-9-11)21(18,19)14-7-13(16)12(15)6-10(14)2/h6-7,11H,3-5,8-9,16H2,1-2H3. The van der Waals surface area contributed by atoms with Gasteiger partial charge in [0.15, 0.2) is 0 Å². The van der Waals surface area contributed by atoms with Gasteiger partial charge in [0.25, 0.3) is 0 Å². The van der Waals surface area contributed by atoms with Gasteiger partial charge >= 0.3 is 0 Å². The van der Waals surface area contributed by atoms with Gasteiger partial charge in [0.05, 0.1) is 22.2 Å². The molecule has 1 heterocycles. The molecule has 0 amide bonds. The Kier molecular flexibility index (Phi) is 5.14. The molecule has 2 rings (SSSR count). The zero-order valence-electron chi connectivity index (χ0n) is 12.3. The van der Waals surface area contributed by atoms with Crippen molar-refractivity contribution in [2.45, 2.75) is 25.2 Å². The van der Waals surface area contributed by atoms with Crippen molar-refractivity contribution in [3.8, 4) is 0 Å². The molecular weight excluding hydrogens is 312 g/mol. The number of hydrogen-bond acceptors (Lipinski definition) is 4. The summed E-state index contributed by atoms with van der Waals surface area (Å²) in [5, 5.41) is 0.374. The smallest absolute Gasteiger partial charge is 0.243 e. The molecule has 0 radical (unpaired) electrons. The Morgan fingerprint density at radius 3 is 2.76 bits per heavy atom. The summed E-state index contributed by atoms with van der Waals surface area (Å²) in [6.07, 6.45) is 0.897. The minimum absolute atomic E-state index is 0.227. The fourth-order valence-electron chi connectivity index (χ4n) is 2.50. The van der Waals surface area contributed by atoms with Gasteiger partial charge in [0.1, 0.15) is 0 Å². The highest BCUT2D eigenvalue weighted by atomic mass is 35.5. The molecule has 0 spiro atoms. The van der Waals surface area contributed by atoms with Crippen molar-refractivity contribution in [2.75, 3.05) is 32.0 Å². The fourth-order valence-corrected chi connectivity index (χ4v) is 4.48. The molecule has 0 aliphatic carbocycles. The lowest BCUT2D eigenvalue weighted by Crippen LogP contribution is -2.35. The zero-order chi connectivity index (χ0) is 15.6. The van der Waals surface area contributed by atoms with Crippen LogP contribution in [0.3, 0.4) is 0 Å². The molecule has 1 unspecified atom stereocenters. The first-order chi connectivity index (χ1) is 9.86. The molecule has 0 saturated carbocycles. The van der Waals surface area contributed by atoms with Gasteiger partial charge in [0.2, 0.25) is 10.0 Å². The van der Waals surface area contributed by atoms with Crippen LogP contribution in [0, 0.1) is 12.8 Å². The molecule has 5 nitrogen and oxygen atoms in total. The molecule has 0 aromatic heterocycles. The minimum Gasteiger partial charge on any atom is -0.397 e. The van der Waals surface area contributed by atoms with Crippen LogP contribution in [0.15, 0.2) is 17.0 Å². The molecule has 1 aliphatic rings. The molecule has 0 bridgehead atoms. The van der Waals surface area contributed by atoms with Crippen molar-refractivity contribution in [1.82, 2.24) is 4.31 Å². The maximum absolute atomic E-state index is 12.8. The summed E-state index contributed by atoms with van der Waals surface area (Å²) < 4.78 is 32.5. The highest BCUT2D eigenvalue weighted by Gasteiger charge is 2.29. The normalized spacial score (nSPS) is 19.3. The van der Waals surface area contributed by atoms with Crippen molar-refractivity contribution in [2.24, 2.45) is 5.92 Å². The highest BCUT2D eigenvalue weighted by Crippen LogP contribution is 2.29. The molecule has 118 valence electrons. The number of nitrogens with zero attached hydrogens (tertiary/aromatic N) is 1. The summed E-state index contributed by atoms with van der Waals surface area (Å²) >= 11 is 5.94. The van der Waals surface area contributed by atoms with Crippen LogP contribution in [0.25, 0.3) is 0 Å². The Bertz CT molecular complexity index is 613. The molecule has 2 N–H and O–H groups in total. The summed E-state index contributed by atoms with van der Waals surface area (Å²) in [5.74, 6) is 0.254. The van der Waals surface area contributed by atoms with Crippen LogP contribution < -0.4 is 5.73 Å². The number of benzene rings is 1. The van der Waals surface area contributed by atoms with Crippen LogP contribution in [0.2, 0.25) is 5.02 Å². The van der Waals surface area contributed by atoms with E-state index in [0.717, 1.165) is 6.42 Å². The molecule has 7 heteroatoms. The second-order valence-electron chi connectivity index (χ2n) is 5.32. The van der Waals surface area contributed by atoms with Gasteiger partial charge in [-0.2, -0.15) is 4.31 Å². The number of nitrogens with two attached hydrogens (primary N) is 1. The van der Waals surface area contributed by atoms with Gasteiger partial charge in [-0.3, -0.25) is 0 Å². The van der Waals surface area contributed by atoms with Crippen molar-refractivity contribution in [1.29, 1.82) is 0 Å². The van der Waals surface area contributed by atoms with E-state index in [1.54, 1.807) is 13.0 Å². The van der Waals surface area contributed by atoms with E-state index in [-0.39, 0.29) is 16.5 Å². The largest absolute Gasteiger partial charge is 0.397 e. The molecule has 1 aromatic carbocycles. The average molecular weight is 333 g/mol. The highest BCUT2D eigenvalue weighted by molar-refractivity contribution is 7.89. The third-order valence-electron chi connectivity index (χ3n) is 3.75. The van der Waals surface area contributed by atoms with Gasteiger partial charge in [-0.05, 0) is 37.0 Å². The van der Waals surface area contributed by atoms with Crippen LogP contribution in [0.5, 0.6) is 0 Å². The molecule has 1 aromatic rings. The van der Waals surface area contributed by atoms with Crippen molar-refractivity contribution in [3.63, 3.8) is 0 Å². The summed E-state index contributed by atoms with van der Waals surface area (Å²) in [6.45, 7) is 5.78. The van der Waals surface area contributed by atoms with Crippen molar-refractivity contribution < 1.29 is 13.2 Å². The van der Waals surface area contributed by atoms with E-state index >= 15 is 0 Å². The van der Waals surface area contributed by atoms with Crippen LogP contribution in [-0.2, 0) is 14.8 Å². The van der Waals surface area contributed by atoms with Gasteiger partial charge in [-0.25, -0.2) is 8.42 Å². The van der Waals surface area contributed by atoms with E-state index in [2.05, 4.69) is 0 Å². The first-order valence-corrected chi connectivity index (χ1v) is 8.81. The predicted octanol–water partition coefficient (Wildman–Crippen LogP) is 2.28. The number of nitrogen functional groups attached to an aromatic ring is 1. The summed E-state index contributed by atoms with van der Waals surface area (Å²) in [4.78, 5) is 0.227. The number of ether oxygens (including phenoxy) is 1. The number of hydrogen-bond donors (Lipinski definition) is 1. The van der Waals surface area contributed by atoms with E-state index in [0.29, 0.717) is 36.9 Å². The van der Waals surface area contributed by atoms with Crippen LogP contribution in [0.4, 0.5) is 5.69 Å². The molecule has 1 aliphatic heterocycles. The van der Waals surface area contributed by atoms with E-state index < -0.39 is 10.0 Å². The van der Waals surface area contributed by atoms with Crippen LogP contribution in [0.1, 0.15) is 18.9 Å². The Hall–Kier alpha value is -0.820. The van der Waals surface area contributed by atoms with Crippen LogP contribution in [-0.4, -0.2) is 39.0 Å². The van der Waals surface area contributed by atoms with Crippen molar-refractivity contribution in [3.05, 3.63) is 22.7 Å². The number of sulfonamides is 1. The second kappa shape index (κ2) is 6.52. The lowest BCUT2D eigenvalue weighted by atomic mass is 10.1. The van der Waals surface area contributed by atoms with Gasteiger partial charge in [-0.1, -0.05) is 18.5 Å². The molecule has 1 fully saturated rings. The van der Waals surface area contributed by atoms with E-state index in [9.17, 15) is 8.42 Å². The molecule has 1 atom stereocenters. The van der Waals surface area contributed by atoms with Gasteiger partial charge < -0.3 is 10.5 Å². The Balaban J connectivity index is 2.32. The maximum Gasteiger partial charge on any atom is 0.243 e. The maximum atomic E-state index is 12.8. The quantitative estimate of drug-likeness (QED) is 0.839. The topological polar surface area (TPSA) is 72.6 Å². The minimum atomic E-state index is -3.57. The first-order valence-electron chi connectivity index (χ1n) is 6.99. The first kappa shape index (κ1) is 16.5. The average Bonchev–Trinajstić information content (AvgIpc) is 2.92. The number of aryl methyl sites for hydroxylation is 1. The zero-order valence-corrected chi connectivity index (χ0v) is 13.9. The lowest BCUT2D eigenvalue weighted by Gasteiger charge is -2.24. The Labute approximate surface area is 131 Å². The van der Waals surface area contributed by atoms with Crippen molar-refractivity contribution >= 4 is 27.3 Å². The molecule has 21 heavy (non-hydrogen) atoms. The monoisotopic (exact) mass is 332 g/mol. The number of anilines is 1. The molecular formula is C14H21ClN2O3S. The third-order valence-corrected chi connectivity index (χ3v) is 6.16. The van der Waals surface area contributed by atoms with E-state index in [1.165, 1.54) is 10.4 Å². The Morgan fingerprint density at radius 1 is 1.48 bits per heavy atom. The summed E-state index contributed by atoms with van der Waals surface area (Å²) in [6, 6.07) is 3.04. The molecule has 1 saturated heterocycles. The second-order valence-corrected chi connectivity index (χ2v) is 7.64. The van der Waals surface area contributed by atoms with Crippen LogP contribution >= 0.6 is 11.6 Å². The number of rotatable bonds is 5. The predicted molar refractivity (Wildman–Crippen MR) is 84.0 cm³/mol. The SMILES string of the molecule is CCN(CC1CCOC1)S(=O)(=O)c1cc(N)c(Cl)cc1C. The van der Waals surface area contributed by atoms with E-state index in [1.807, 2.05) is 6.92 Å². The number of halogens is 1.